The molecule has 11 heteroatoms. The summed E-state index contributed by atoms with van der Waals surface area (Å²) in [5.41, 5.74) is 2.55. The SMILES string of the molecule is C=CC(=O)N1C[C@H](C)N(c2nc(OCCCN(C)C)nc3c(F)c(-c4c(C)ccc5cn[nH]c45)c(Cl)cc23)C[C@H]1C. The fourth-order valence-corrected chi connectivity index (χ4v) is 5.79. The van der Waals surface area contributed by atoms with E-state index in [1.54, 1.807) is 17.2 Å². The number of ether oxygens (including phenoxy) is 1. The largest absolute Gasteiger partial charge is 0.463 e. The van der Waals surface area contributed by atoms with Crippen LogP contribution in [0.2, 0.25) is 5.02 Å². The summed E-state index contributed by atoms with van der Waals surface area (Å²) in [4.78, 5) is 27.7. The Kier molecular flexibility index (Phi) is 8.15. The van der Waals surface area contributed by atoms with Crippen LogP contribution in [0.15, 0.2) is 37.1 Å². The first-order chi connectivity index (χ1) is 19.6. The van der Waals surface area contributed by atoms with Gasteiger partial charge in [0.1, 0.15) is 11.3 Å². The lowest BCUT2D eigenvalue weighted by atomic mass is 9.96. The standard InChI is InChI=1S/C30H35ClFN7O2/c1-7-23(40)38-15-19(4)39(16-18(38)3)29-21-13-22(31)25(24-17(2)9-10-20-14-33-36-27(20)24)26(32)28(21)34-30(35-29)41-12-8-11-37(5)6/h7,9-10,13-14,18-19H,1,8,11-12,15-16H2,2-6H3,(H,33,36)/t18-,19+/m1/s1. The maximum atomic E-state index is 16.7. The van der Waals surface area contributed by atoms with Gasteiger partial charge in [0.05, 0.1) is 23.3 Å². The molecule has 216 valence electrons. The van der Waals surface area contributed by atoms with E-state index in [0.29, 0.717) is 42.0 Å². The summed E-state index contributed by atoms with van der Waals surface area (Å²) in [6, 6.07) is 5.45. The van der Waals surface area contributed by atoms with Gasteiger partial charge in [-0.05, 0) is 59.0 Å². The fraction of sp³-hybridized carbons (Fsp3) is 0.400. The van der Waals surface area contributed by atoms with Gasteiger partial charge in [-0.1, -0.05) is 30.3 Å². The molecule has 41 heavy (non-hydrogen) atoms. The van der Waals surface area contributed by atoms with Crippen LogP contribution in [0, 0.1) is 12.7 Å². The number of carbonyl (C=O) groups is 1. The van der Waals surface area contributed by atoms with Crippen LogP contribution in [0.4, 0.5) is 10.2 Å². The molecule has 0 radical (unpaired) electrons. The zero-order valence-electron chi connectivity index (χ0n) is 24.0. The molecule has 1 aliphatic rings. The molecule has 2 atom stereocenters. The van der Waals surface area contributed by atoms with Crippen molar-refractivity contribution in [2.24, 2.45) is 0 Å². The predicted molar refractivity (Wildman–Crippen MR) is 161 cm³/mol. The van der Waals surface area contributed by atoms with Crippen molar-refractivity contribution in [1.29, 1.82) is 0 Å². The number of halogens is 2. The Morgan fingerprint density at radius 3 is 2.76 bits per heavy atom. The molecule has 2 aromatic carbocycles. The van der Waals surface area contributed by atoms with Gasteiger partial charge in [0.15, 0.2) is 5.82 Å². The molecule has 3 heterocycles. The van der Waals surface area contributed by atoms with Gasteiger partial charge in [-0.2, -0.15) is 15.1 Å². The number of anilines is 1. The number of benzene rings is 2. The van der Waals surface area contributed by atoms with Crippen molar-refractivity contribution in [3.8, 4) is 17.1 Å². The molecule has 1 fully saturated rings. The highest BCUT2D eigenvalue weighted by Crippen LogP contribution is 2.42. The second kappa shape index (κ2) is 11.6. The van der Waals surface area contributed by atoms with Gasteiger partial charge in [-0.15, -0.1) is 0 Å². The molecule has 0 bridgehead atoms. The van der Waals surface area contributed by atoms with Crippen LogP contribution in [0.3, 0.4) is 0 Å². The lowest BCUT2D eigenvalue weighted by Crippen LogP contribution is -2.58. The van der Waals surface area contributed by atoms with Crippen molar-refractivity contribution in [2.45, 2.75) is 39.3 Å². The Bertz CT molecular complexity index is 1620. The molecule has 1 N–H and O–H groups in total. The molecule has 0 spiro atoms. The normalized spacial score (nSPS) is 17.6. The highest BCUT2D eigenvalue weighted by molar-refractivity contribution is 6.35. The van der Waals surface area contributed by atoms with Crippen LogP contribution in [-0.2, 0) is 4.79 Å². The van der Waals surface area contributed by atoms with E-state index in [1.165, 1.54) is 6.08 Å². The molecule has 4 aromatic rings. The number of aromatic nitrogens is 4. The Labute approximate surface area is 243 Å². The number of amides is 1. The van der Waals surface area contributed by atoms with Crippen molar-refractivity contribution in [2.75, 3.05) is 45.2 Å². The van der Waals surface area contributed by atoms with Crippen LogP contribution in [0.25, 0.3) is 32.9 Å². The summed E-state index contributed by atoms with van der Waals surface area (Å²) in [6.07, 6.45) is 3.79. The molecular formula is C30H35ClFN7O2. The zero-order valence-corrected chi connectivity index (χ0v) is 24.8. The number of rotatable bonds is 8. The second-order valence-electron chi connectivity index (χ2n) is 10.9. The lowest BCUT2D eigenvalue weighted by molar-refractivity contribution is -0.128. The zero-order chi connectivity index (χ0) is 29.4. The Morgan fingerprint density at radius 1 is 1.24 bits per heavy atom. The maximum absolute atomic E-state index is 16.7. The highest BCUT2D eigenvalue weighted by Gasteiger charge is 2.34. The Morgan fingerprint density at radius 2 is 2.02 bits per heavy atom. The van der Waals surface area contributed by atoms with Gasteiger partial charge in [-0.25, -0.2) is 4.39 Å². The number of aromatic amines is 1. The van der Waals surface area contributed by atoms with Crippen LogP contribution < -0.4 is 9.64 Å². The van der Waals surface area contributed by atoms with Gasteiger partial charge in [0, 0.05) is 53.6 Å². The summed E-state index contributed by atoms with van der Waals surface area (Å²) in [7, 11) is 3.99. The highest BCUT2D eigenvalue weighted by atomic mass is 35.5. The number of carbonyl (C=O) groups excluding carboxylic acids is 1. The minimum Gasteiger partial charge on any atom is -0.463 e. The monoisotopic (exact) mass is 579 g/mol. The number of H-pyrrole nitrogens is 1. The molecule has 2 aromatic heterocycles. The number of nitrogens with one attached hydrogen (secondary N) is 1. The first kappa shape index (κ1) is 28.8. The van der Waals surface area contributed by atoms with E-state index < -0.39 is 5.82 Å². The van der Waals surface area contributed by atoms with E-state index in [0.717, 1.165) is 23.9 Å². The molecule has 5 rings (SSSR count). The molecular weight excluding hydrogens is 545 g/mol. The summed E-state index contributed by atoms with van der Waals surface area (Å²) in [6.45, 7) is 11.7. The lowest BCUT2D eigenvalue weighted by Gasteiger charge is -2.44. The van der Waals surface area contributed by atoms with Crippen LogP contribution in [-0.4, -0.2) is 88.3 Å². The van der Waals surface area contributed by atoms with Crippen molar-refractivity contribution < 1.29 is 13.9 Å². The summed E-state index contributed by atoms with van der Waals surface area (Å²) in [5.74, 6) is -0.157. The van der Waals surface area contributed by atoms with Gasteiger partial charge < -0.3 is 19.4 Å². The molecule has 0 saturated carbocycles. The minimum atomic E-state index is -0.555. The fourth-order valence-electron chi connectivity index (χ4n) is 5.50. The van der Waals surface area contributed by atoms with Crippen molar-refractivity contribution in [3.63, 3.8) is 0 Å². The molecule has 0 unspecified atom stereocenters. The smallest absolute Gasteiger partial charge is 0.319 e. The number of hydrogen-bond acceptors (Lipinski definition) is 7. The summed E-state index contributed by atoms with van der Waals surface area (Å²) < 4.78 is 22.7. The molecule has 1 amide bonds. The van der Waals surface area contributed by atoms with E-state index in [1.807, 2.05) is 47.0 Å². The molecule has 9 nitrogen and oxygen atoms in total. The maximum Gasteiger partial charge on any atom is 0.319 e. The van der Waals surface area contributed by atoms with Crippen LogP contribution >= 0.6 is 11.6 Å². The quantitative estimate of drug-likeness (QED) is 0.226. The van der Waals surface area contributed by atoms with Gasteiger partial charge >= 0.3 is 6.01 Å². The molecule has 0 aliphatic carbocycles. The number of aryl methyl sites for hydroxylation is 1. The molecule has 1 saturated heterocycles. The van der Waals surface area contributed by atoms with Gasteiger partial charge in [0.2, 0.25) is 5.91 Å². The number of hydrogen-bond donors (Lipinski definition) is 1. The third-order valence-corrected chi connectivity index (χ3v) is 7.91. The van der Waals surface area contributed by atoms with Crippen LogP contribution in [0.5, 0.6) is 6.01 Å². The first-order valence-corrected chi connectivity index (χ1v) is 14.1. The van der Waals surface area contributed by atoms with Crippen molar-refractivity contribution in [3.05, 3.63) is 53.5 Å². The van der Waals surface area contributed by atoms with E-state index in [4.69, 9.17) is 21.3 Å². The van der Waals surface area contributed by atoms with E-state index in [-0.39, 0.29) is 40.1 Å². The topological polar surface area (TPSA) is 90.5 Å². The predicted octanol–water partition coefficient (Wildman–Crippen LogP) is 5.22. The number of fused-ring (bicyclic) bond motifs is 2. The average molecular weight is 580 g/mol. The third-order valence-electron chi connectivity index (χ3n) is 7.61. The molecule has 1 aliphatic heterocycles. The summed E-state index contributed by atoms with van der Waals surface area (Å²) >= 11 is 6.87. The minimum absolute atomic E-state index is 0.0966. The first-order valence-electron chi connectivity index (χ1n) is 13.7. The van der Waals surface area contributed by atoms with E-state index >= 15 is 4.39 Å². The van der Waals surface area contributed by atoms with Crippen molar-refractivity contribution in [1.82, 2.24) is 30.0 Å². The Balaban J connectivity index is 1.66. The van der Waals surface area contributed by atoms with E-state index in [9.17, 15) is 4.79 Å². The van der Waals surface area contributed by atoms with Gasteiger partial charge in [0.25, 0.3) is 0 Å². The number of nitrogens with zero attached hydrogens (tertiary/aromatic N) is 6. The second-order valence-corrected chi connectivity index (χ2v) is 11.3. The van der Waals surface area contributed by atoms with Crippen molar-refractivity contribution >= 4 is 45.1 Å². The van der Waals surface area contributed by atoms with E-state index in [2.05, 4.69) is 31.6 Å². The van der Waals surface area contributed by atoms with Gasteiger partial charge in [-0.3, -0.25) is 9.89 Å². The average Bonchev–Trinajstić information content (AvgIpc) is 3.42. The Hall–Kier alpha value is -3.76. The van der Waals surface area contributed by atoms with Crippen LogP contribution in [0.1, 0.15) is 25.8 Å². The summed E-state index contributed by atoms with van der Waals surface area (Å²) in [5, 5.41) is 8.72. The number of piperazine rings is 1. The third kappa shape index (κ3) is 5.46.